The molecule has 1 fully saturated rings. The van der Waals surface area contributed by atoms with Gasteiger partial charge in [0.15, 0.2) is 0 Å². The number of nitrogens with zero attached hydrogens (tertiary/aromatic N) is 1. The SMILES string of the molecule is O=C(NC1CCCCC1)[C@H](Cc1ccccc1)N(Cc1ccccc1Cl)C(=O)CCc1cccc2ccccc12. The zero-order valence-electron chi connectivity index (χ0n) is 22.9. The third kappa shape index (κ3) is 7.11. The van der Waals surface area contributed by atoms with Crippen molar-refractivity contribution in [2.24, 2.45) is 0 Å². The quantitative estimate of drug-likeness (QED) is 0.221. The van der Waals surface area contributed by atoms with Crippen LogP contribution < -0.4 is 5.32 Å². The van der Waals surface area contributed by atoms with Gasteiger partial charge in [0, 0.05) is 30.5 Å². The van der Waals surface area contributed by atoms with Crippen molar-refractivity contribution in [2.75, 3.05) is 0 Å². The molecule has 4 aromatic rings. The second-order valence-electron chi connectivity index (χ2n) is 10.8. The van der Waals surface area contributed by atoms with Crippen molar-refractivity contribution in [1.29, 1.82) is 0 Å². The summed E-state index contributed by atoms with van der Waals surface area (Å²) in [7, 11) is 0. The van der Waals surface area contributed by atoms with Gasteiger partial charge in [-0.2, -0.15) is 0 Å². The Morgan fingerprint density at radius 2 is 1.48 bits per heavy atom. The molecule has 1 aliphatic rings. The van der Waals surface area contributed by atoms with E-state index in [0.29, 0.717) is 24.3 Å². The molecule has 0 spiro atoms. The van der Waals surface area contributed by atoms with Crippen LogP contribution in [0.3, 0.4) is 0 Å². The molecular formula is C35H37ClN2O2. The first kappa shape index (κ1) is 27.9. The minimum atomic E-state index is -0.638. The fraction of sp³-hybridized carbons (Fsp3) is 0.314. The van der Waals surface area contributed by atoms with E-state index in [2.05, 4.69) is 29.6 Å². The van der Waals surface area contributed by atoms with Gasteiger partial charge in [-0.1, -0.05) is 122 Å². The number of hydrogen-bond acceptors (Lipinski definition) is 2. The maximum absolute atomic E-state index is 14.1. The van der Waals surface area contributed by atoms with E-state index in [1.807, 2.05) is 72.8 Å². The highest BCUT2D eigenvalue weighted by Crippen LogP contribution is 2.24. The first-order chi connectivity index (χ1) is 19.6. The van der Waals surface area contributed by atoms with Gasteiger partial charge in [0.1, 0.15) is 6.04 Å². The number of hydrogen-bond donors (Lipinski definition) is 1. The summed E-state index contributed by atoms with van der Waals surface area (Å²) >= 11 is 6.57. The maximum atomic E-state index is 14.1. The second kappa shape index (κ2) is 13.6. The summed E-state index contributed by atoms with van der Waals surface area (Å²) in [6, 6.07) is 31.6. The van der Waals surface area contributed by atoms with E-state index in [0.717, 1.165) is 53.1 Å². The number of rotatable bonds is 10. The van der Waals surface area contributed by atoms with E-state index < -0.39 is 6.04 Å². The van der Waals surface area contributed by atoms with Crippen LogP contribution in [0.25, 0.3) is 10.8 Å². The van der Waals surface area contributed by atoms with Gasteiger partial charge in [-0.3, -0.25) is 9.59 Å². The zero-order valence-corrected chi connectivity index (χ0v) is 23.7. The Bertz CT molecular complexity index is 1430. The van der Waals surface area contributed by atoms with Gasteiger partial charge in [0.25, 0.3) is 0 Å². The molecule has 0 bridgehead atoms. The van der Waals surface area contributed by atoms with Crippen molar-refractivity contribution in [3.63, 3.8) is 0 Å². The van der Waals surface area contributed by atoms with E-state index >= 15 is 0 Å². The van der Waals surface area contributed by atoms with Gasteiger partial charge >= 0.3 is 0 Å². The van der Waals surface area contributed by atoms with E-state index in [1.54, 1.807) is 4.90 Å². The normalized spacial score (nSPS) is 14.5. The molecule has 5 heteroatoms. The van der Waals surface area contributed by atoms with Crippen LogP contribution >= 0.6 is 11.6 Å². The molecule has 0 saturated heterocycles. The number of fused-ring (bicyclic) bond motifs is 1. The molecule has 0 aromatic heterocycles. The van der Waals surface area contributed by atoms with E-state index in [-0.39, 0.29) is 24.4 Å². The van der Waals surface area contributed by atoms with Crippen molar-refractivity contribution < 1.29 is 9.59 Å². The molecule has 206 valence electrons. The standard InChI is InChI=1S/C35H37ClN2O2/c36-32-21-10-8-15-29(32)25-38(34(39)23-22-28-17-11-16-27-14-7-9-20-31(27)28)33(24-26-12-3-1-4-13-26)35(40)37-30-18-5-2-6-19-30/h1,3-4,7-17,20-21,30,33H,2,5-6,18-19,22-25H2,(H,37,40)/t33-/m0/s1. The highest BCUT2D eigenvalue weighted by atomic mass is 35.5. The molecule has 2 amide bonds. The predicted octanol–water partition coefficient (Wildman–Crippen LogP) is 7.51. The number of amides is 2. The van der Waals surface area contributed by atoms with E-state index in [1.165, 1.54) is 6.42 Å². The molecular weight excluding hydrogens is 516 g/mol. The number of aryl methyl sites for hydroxylation is 1. The fourth-order valence-electron chi connectivity index (χ4n) is 5.80. The Balaban J connectivity index is 1.44. The lowest BCUT2D eigenvalue weighted by molar-refractivity contribution is -0.141. The van der Waals surface area contributed by atoms with Crippen molar-refractivity contribution in [3.05, 3.63) is 119 Å². The summed E-state index contributed by atoms with van der Waals surface area (Å²) in [5, 5.41) is 6.22. The highest BCUT2D eigenvalue weighted by molar-refractivity contribution is 6.31. The van der Waals surface area contributed by atoms with Crippen LogP contribution in [0, 0.1) is 0 Å². The molecule has 40 heavy (non-hydrogen) atoms. The van der Waals surface area contributed by atoms with Crippen molar-refractivity contribution >= 4 is 34.2 Å². The third-order valence-electron chi connectivity index (χ3n) is 8.01. The Morgan fingerprint density at radius 3 is 2.27 bits per heavy atom. The zero-order chi connectivity index (χ0) is 27.7. The third-order valence-corrected chi connectivity index (χ3v) is 8.38. The molecule has 1 aliphatic carbocycles. The summed E-state index contributed by atoms with van der Waals surface area (Å²) in [6.45, 7) is 0.281. The maximum Gasteiger partial charge on any atom is 0.243 e. The molecule has 0 heterocycles. The number of carbonyl (C=O) groups is 2. The van der Waals surface area contributed by atoms with Gasteiger partial charge in [-0.25, -0.2) is 0 Å². The van der Waals surface area contributed by atoms with Crippen LogP contribution in [-0.4, -0.2) is 28.8 Å². The lowest BCUT2D eigenvalue weighted by atomic mass is 9.94. The molecule has 0 aliphatic heterocycles. The Morgan fingerprint density at radius 1 is 0.800 bits per heavy atom. The molecule has 4 nitrogen and oxygen atoms in total. The summed E-state index contributed by atoms with van der Waals surface area (Å²) in [5.41, 5.74) is 3.00. The highest BCUT2D eigenvalue weighted by Gasteiger charge is 2.32. The molecule has 5 rings (SSSR count). The Hall–Kier alpha value is -3.63. The van der Waals surface area contributed by atoms with Gasteiger partial charge in [0.2, 0.25) is 11.8 Å². The molecule has 0 unspecified atom stereocenters. The lowest BCUT2D eigenvalue weighted by Gasteiger charge is -2.34. The minimum absolute atomic E-state index is 0.0485. The fourth-order valence-corrected chi connectivity index (χ4v) is 6.00. The number of carbonyl (C=O) groups excluding carboxylic acids is 2. The first-order valence-corrected chi connectivity index (χ1v) is 14.8. The Labute approximate surface area is 242 Å². The largest absolute Gasteiger partial charge is 0.352 e. The molecule has 4 aromatic carbocycles. The molecule has 0 radical (unpaired) electrons. The average molecular weight is 553 g/mol. The minimum Gasteiger partial charge on any atom is -0.352 e. The predicted molar refractivity (Wildman–Crippen MR) is 163 cm³/mol. The first-order valence-electron chi connectivity index (χ1n) is 14.4. The second-order valence-corrected chi connectivity index (χ2v) is 11.2. The van der Waals surface area contributed by atoms with Crippen molar-refractivity contribution in [2.45, 2.75) is 70.0 Å². The molecule has 1 saturated carbocycles. The number of benzene rings is 4. The average Bonchev–Trinajstić information content (AvgIpc) is 2.99. The topological polar surface area (TPSA) is 49.4 Å². The molecule has 1 N–H and O–H groups in total. The number of halogens is 1. The lowest BCUT2D eigenvalue weighted by Crippen LogP contribution is -2.53. The van der Waals surface area contributed by atoms with Gasteiger partial charge in [-0.05, 0) is 52.8 Å². The summed E-state index contributed by atoms with van der Waals surface area (Å²) in [4.78, 5) is 29.8. The van der Waals surface area contributed by atoms with Crippen molar-refractivity contribution in [3.8, 4) is 0 Å². The van der Waals surface area contributed by atoms with Crippen LogP contribution in [-0.2, 0) is 29.0 Å². The van der Waals surface area contributed by atoms with Crippen LogP contribution in [0.2, 0.25) is 5.02 Å². The smallest absolute Gasteiger partial charge is 0.243 e. The van der Waals surface area contributed by atoms with Crippen LogP contribution in [0.4, 0.5) is 0 Å². The van der Waals surface area contributed by atoms with Crippen LogP contribution in [0.1, 0.15) is 55.2 Å². The van der Waals surface area contributed by atoms with E-state index in [4.69, 9.17) is 11.6 Å². The monoisotopic (exact) mass is 552 g/mol. The van der Waals surface area contributed by atoms with Gasteiger partial charge < -0.3 is 10.2 Å². The summed E-state index contributed by atoms with van der Waals surface area (Å²) in [6.07, 6.45) is 6.80. The van der Waals surface area contributed by atoms with Gasteiger partial charge in [0.05, 0.1) is 0 Å². The van der Waals surface area contributed by atoms with Crippen LogP contribution in [0.15, 0.2) is 97.1 Å². The van der Waals surface area contributed by atoms with Crippen molar-refractivity contribution in [1.82, 2.24) is 10.2 Å². The van der Waals surface area contributed by atoms with Gasteiger partial charge in [-0.15, -0.1) is 0 Å². The molecule has 1 atom stereocenters. The summed E-state index contributed by atoms with van der Waals surface area (Å²) < 4.78 is 0. The van der Waals surface area contributed by atoms with E-state index in [9.17, 15) is 9.59 Å². The Kier molecular flexibility index (Phi) is 9.51. The van der Waals surface area contributed by atoms with Crippen LogP contribution in [0.5, 0.6) is 0 Å². The summed E-state index contributed by atoms with van der Waals surface area (Å²) in [5.74, 6) is -0.131. The number of nitrogens with one attached hydrogen (secondary N) is 1.